The number of benzene rings is 1. The lowest BCUT2D eigenvalue weighted by atomic mass is 9.82. The number of aromatic nitrogens is 1. The van der Waals surface area contributed by atoms with Crippen molar-refractivity contribution in [1.82, 2.24) is 10.3 Å². The van der Waals surface area contributed by atoms with E-state index in [1.807, 2.05) is 0 Å². The Hall–Kier alpha value is -2.29. The maximum absolute atomic E-state index is 14.8. The van der Waals surface area contributed by atoms with Crippen molar-refractivity contribution in [2.24, 2.45) is 5.41 Å². The molecule has 36 heavy (non-hydrogen) atoms. The van der Waals surface area contributed by atoms with Gasteiger partial charge in [-0.3, -0.25) is 0 Å². The average Bonchev–Trinajstić information content (AvgIpc) is 2.87. The van der Waals surface area contributed by atoms with Gasteiger partial charge in [0.2, 0.25) is 0 Å². The van der Waals surface area contributed by atoms with Crippen LogP contribution in [0.4, 0.5) is 20.3 Å². The number of pyridine rings is 1. The van der Waals surface area contributed by atoms with Gasteiger partial charge >= 0.3 is 0 Å². The predicted octanol–water partition coefficient (Wildman–Crippen LogP) is 5.60. The van der Waals surface area contributed by atoms with E-state index in [1.54, 1.807) is 25.3 Å². The van der Waals surface area contributed by atoms with Crippen LogP contribution in [0.3, 0.4) is 0 Å². The Balaban J connectivity index is 1.39. The summed E-state index contributed by atoms with van der Waals surface area (Å²) in [5, 5.41) is 10.4. The first-order valence-corrected chi connectivity index (χ1v) is 13.1. The quantitative estimate of drug-likeness (QED) is 0.393. The first-order chi connectivity index (χ1) is 17.3. The van der Waals surface area contributed by atoms with Gasteiger partial charge in [0.15, 0.2) is 0 Å². The monoisotopic (exact) mass is 502 g/mol. The first-order valence-electron chi connectivity index (χ1n) is 13.1. The van der Waals surface area contributed by atoms with Gasteiger partial charge in [0.25, 0.3) is 0 Å². The van der Waals surface area contributed by atoms with Crippen molar-refractivity contribution in [3.63, 3.8) is 0 Å². The second-order valence-electron chi connectivity index (χ2n) is 10.7. The Morgan fingerprint density at radius 1 is 1.08 bits per heavy atom. The molecule has 0 amide bonds. The number of hydrogen-bond acceptors (Lipinski definition) is 6. The molecule has 0 radical (unpaired) electrons. The molecular formula is C28H40F2N4O2. The summed E-state index contributed by atoms with van der Waals surface area (Å²) >= 11 is 0. The lowest BCUT2D eigenvalue weighted by molar-refractivity contribution is 0.0300. The summed E-state index contributed by atoms with van der Waals surface area (Å²) in [7, 11) is 1.72. The van der Waals surface area contributed by atoms with E-state index in [9.17, 15) is 8.78 Å². The summed E-state index contributed by atoms with van der Waals surface area (Å²) in [5.74, 6) is -0.119. The minimum Gasteiger partial charge on any atom is -0.383 e. The van der Waals surface area contributed by atoms with Crippen molar-refractivity contribution < 1.29 is 18.3 Å². The highest BCUT2D eigenvalue weighted by Gasteiger charge is 2.27. The van der Waals surface area contributed by atoms with E-state index in [0.717, 1.165) is 51.7 Å². The van der Waals surface area contributed by atoms with Crippen LogP contribution in [0.25, 0.3) is 11.1 Å². The molecule has 2 fully saturated rings. The third-order valence-corrected chi connectivity index (χ3v) is 7.55. The number of nitrogens with one attached hydrogen (secondary N) is 3. The number of nitrogens with zero attached hydrogens (tertiary/aromatic N) is 1. The smallest absolute Gasteiger partial charge is 0.149 e. The fraction of sp³-hybridized carbons (Fsp3) is 0.607. The van der Waals surface area contributed by atoms with Crippen LogP contribution in [0.15, 0.2) is 30.5 Å². The number of halogens is 2. The van der Waals surface area contributed by atoms with Crippen LogP contribution >= 0.6 is 0 Å². The predicted molar refractivity (Wildman–Crippen MR) is 140 cm³/mol. The van der Waals surface area contributed by atoms with E-state index in [2.05, 4.69) is 34.8 Å². The number of methoxy groups -OCH3 is 1. The molecule has 4 rings (SSSR count). The van der Waals surface area contributed by atoms with Crippen LogP contribution in [0, 0.1) is 17.0 Å². The van der Waals surface area contributed by atoms with Crippen LogP contribution in [0.5, 0.6) is 0 Å². The van der Waals surface area contributed by atoms with Gasteiger partial charge in [-0.2, -0.15) is 0 Å². The number of rotatable bonds is 10. The van der Waals surface area contributed by atoms with Crippen LogP contribution in [-0.2, 0) is 9.47 Å². The normalized spacial score (nSPS) is 22.7. The van der Waals surface area contributed by atoms with Crippen LogP contribution < -0.4 is 16.0 Å². The Bertz CT molecular complexity index is 992. The number of hydrogen-bond donors (Lipinski definition) is 3. The molecule has 1 aromatic heterocycles. The standard InChI is InChI=1S/C28H40F2N4O2/c1-19(17-35-3)33-21-5-7-22(8-6-21)34-27-15-23(25(30)16-31-27)20-4-9-24(29)26(14-20)32-18-28(2)10-12-36-13-11-28/h4,9,14-16,19,21-22,32-33H,5-8,10-13,17-18H2,1-3H3,(H,31,34)/t19-,21?,22?/m0/s1. The fourth-order valence-electron chi connectivity index (χ4n) is 5.23. The zero-order valence-electron chi connectivity index (χ0n) is 21.7. The Labute approximate surface area is 213 Å². The Morgan fingerprint density at radius 2 is 1.81 bits per heavy atom. The molecule has 6 nitrogen and oxygen atoms in total. The van der Waals surface area contributed by atoms with Gasteiger partial charge in [-0.15, -0.1) is 0 Å². The molecule has 2 aromatic rings. The third-order valence-electron chi connectivity index (χ3n) is 7.55. The van der Waals surface area contributed by atoms with Gasteiger partial charge < -0.3 is 25.4 Å². The Morgan fingerprint density at radius 3 is 2.53 bits per heavy atom. The second kappa shape index (κ2) is 12.3. The van der Waals surface area contributed by atoms with Crippen LogP contribution in [0.1, 0.15) is 52.4 Å². The molecule has 2 heterocycles. The third kappa shape index (κ3) is 7.14. The summed E-state index contributed by atoms with van der Waals surface area (Å²) < 4.78 is 40.1. The molecule has 1 aliphatic heterocycles. The van der Waals surface area contributed by atoms with Crippen molar-refractivity contribution in [3.05, 3.63) is 42.1 Å². The fourth-order valence-corrected chi connectivity index (χ4v) is 5.23. The maximum Gasteiger partial charge on any atom is 0.149 e. The summed E-state index contributed by atoms with van der Waals surface area (Å²) in [6.07, 6.45) is 7.27. The van der Waals surface area contributed by atoms with Gasteiger partial charge in [0.05, 0.1) is 18.5 Å². The van der Waals surface area contributed by atoms with Crippen LogP contribution in [-0.4, -0.2) is 56.6 Å². The molecule has 0 spiro atoms. The van der Waals surface area contributed by atoms with Gasteiger partial charge in [-0.1, -0.05) is 13.0 Å². The van der Waals surface area contributed by atoms with Crippen molar-refractivity contribution >= 4 is 11.5 Å². The molecule has 3 N–H and O–H groups in total. The summed E-state index contributed by atoms with van der Waals surface area (Å²) in [6.45, 7) is 7.13. The van der Waals surface area contributed by atoms with Crippen molar-refractivity contribution in [2.75, 3.05) is 44.1 Å². The Kier molecular flexibility index (Phi) is 9.14. The summed E-state index contributed by atoms with van der Waals surface area (Å²) in [4.78, 5) is 4.28. The summed E-state index contributed by atoms with van der Waals surface area (Å²) in [5.41, 5.74) is 1.48. The highest BCUT2D eigenvalue weighted by molar-refractivity contribution is 5.71. The first kappa shape index (κ1) is 26.8. The lowest BCUT2D eigenvalue weighted by Crippen LogP contribution is -2.42. The minimum absolute atomic E-state index is 0.0516. The van der Waals surface area contributed by atoms with Gasteiger partial charge in [0, 0.05) is 50.6 Å². The molecular weight excluding hydrogens is 462 g/mol. The molecule has 1 saturated carbocycles. The molecule has 0 unspecified atom stereocenters. The van der Waals surface area contributed by atoms with E-state index >= 15 is 0 Å². The van der Waals surface area contributed by atoms with E-state index in [-0.39, 0.29) is 17.3 Å². The number of ether oxygens (including phenoxy) is 2. The van der Waals surface area contributed by atoms with Crippen LogP contribution in [0.2, 0.25) is 0 Å². The average molecular weight is 503 g/mol. The molecule has 1 atom stereocenters. The van der Waals surface area contributed by atoms with Crippen molar-refractivity contribution in [2.45, 2.75) is 70.5 Å². The number of anilines is 2. The lowest BCUT2D eigenvalue weighted by Gasteiger charge is -2.34. The van der Waals surface area contributed by atoms with E-state index in [1.165, 1.54) is 12.3 Å². The topological polar surface area (TPSA) is 67.4 Å². The largest absolute Gasteiger partial charge is 0.383 e. The maximum atomic E-state index is 14.8. The molecule has 1 saturated heterocycles. The minimum atomic E-state index is -0.422. The molecule has 2 aliphatic rings. The zero-order valence-corrected chi connectivity index (χ0v) is 21.7. The molecule has 0 bridgehead atoms. The van der Waals surface area contributed by atoms with E-state index in [0.29, 0.717) is 47.9 Å². The second-order valence-corrected chi connectivity index (χ2v) is 10.7. The molecule has 1 aliphatic carbocycles. The van der Waals surface area contributed by atoms with Gasteiger partial charge in [-0.25, -0.2) is 13.8 Å². The zero-order chi connectivity index (χ0) is 25.5. The summed E-state index contributed by atoms with van der Waals surface area (Å²) in [6, 6.07) is 7.55. The van der Waals surface area contributed by atoms with Gasteiger partial charge in [0.1, 0.15) is 17.5 Å². The van der Waals surface area contributed by atoms with Crippen molar-refractivity contribution in [1.29, 1.82) is 0 Å². The van der Waals surface area contributed by atoms with Crippen molar-refractivity contribution in [3.8, 4) is 11.1 Å². The van der Waals surface area contributed by atoms with E-state index < -0.39 is 5.82 Å². The highest BCUT2D eigenvalue weighted by Crippen LogP contribution is 2.33. The molecule has 198 valence electrons. The SMILES string of the molecule is COC[C@H](C)NC1CCC(Nc2cc(-c3ccc(F)c(NCC4(C)CCOCC4)c3)c(F)cn2)CC1. The van der Waals surface area contributed by atoms with Gasteiger partial charge in [-0.05, 0) is 74.6 Å². The molecule has 1 aromatic carbocycles. The highest BCUT2D eigenvalue weighted by atomic mass is 19.1. The van der Waals surface area contributed by atoms with E-state index in [4.69, 9.17) is 9.47 Å². The molecule has 8 heteroatoms.